The number of rotatable bonds is 9. The van der Waals surface area contributed by atoms with E-state index in [2.05, 4.69) is 24.1 Å². The molecule has 3 rings (SSSR count). The summed E-state index contributed by atoms with van der Waals surface area (Å²) in [5.41, 5.74) is 1.70. The molecule has 3 heterocycles. The number of hydrogen-bond acceptors (Lipinski definition) is 6. The van der Waals surface area contributed by atoms with Crippen LogP contribution in [0.15, 0.2) is 28.0 Å². The van der Waals surface area contributed by atoms with E-state index in [-0.39, 0.29) is 11.5 Å². The zero-order valence-electron chi connectivity index (χ0n) is 18.6. The second kappa shape index (κ2) is 10.4. The van der Waals surface area contributed by atoms with Gasteiger partial charge in [0.05, 0.1) is 10.5 Å². The van der Waals surface area contributed by atoms with E-state index in [4.69, 9.17) is 12.2 Å². The minimum absolute atomic E-state index is 0.124. The summed E-state index contributed by atoms with van der Waals surface area (Å²) < 4.78 is 2.08. The van der Waals surface area contributed by atoms with Crippen molar-refractivity contribution in [2.75, 3.05) is 18.4 Å². The molecule has 1 fully saturated rings. The first-order chi connectivity index (χ1) is 14.9. The number of carbonyl (C=O) groups is 1. The molecule has 1 aliphatic rings. The van der Waals surface area contributed by atoms with E-state index < -0.39 is 0 Å². The molecule has 166 valence electrons. The molecule has 0 spiro atoms. The number of nitrogens with one attached hydrogen (secondary N) is 1. The average molecular weight is 459 g/mol. The van der Waals surface area contributed by atoms with Gasteiger partial charge in [-0.25, -0.2) is 4.98 Å². The highest BCUT2D eigenvalue weighted by molar-refractivity contribution is 8.26. The van der Waals surface area contributed by atoms with Crippen molar-refractivity contribution < 1.29 is 4.79 Å². The van der Waals surface area contributed by atoms with Gasteiger partial charge >= 0.3 is 0 Å². The average Bonchev–Trinajstić information content (AvgIpc) is 3.01. The highest BCUT2D eigenvalue weighted by atomic mass is 32.2. The van der Waals surface area contributed by atoms with Gasteiger partial charge in [0.2, 0.25) is 0 Å². The van der Waals surface area contributed by atoms with Crippen LogP contribution in [0.5, 0.6) is 0 Å². The van der Waals surface area contributed by atoms with Gasteiger partial charge in [0.25, 0.3) is 11.5 Å². The molecule has 0 saturated carbocycles. The summed E-state index contributed by atoms with van der Waals surface area (Å²) in [4.78, 5) is 33.2. The van der Waals surface area contributed by atoms with E-state index in [9.17, 15) is 9.59 Å². The first-order valence-corrected chi connectivity index (χ1v) is 12.1. The van der Waals surface area contributed by atoms with Crippen molar-refractivity contribution in [1.29, 1.82) is 0 Å². The second-order valence-corrected chi connectivity index (χ2v) is 9.53. The Kier molecular flexibility index (Phi) is 7.89. The van der Waals surface area contributed by atoms with Crippen LogP contribution in [0.3, 0.4) is 0 Å². The van der Waals surface area contributed by atoms with Gasteiger partial charge < -0.3 is 5.32 Å². The number of thiocarbonyl (C=S) groups is 1. The molecular weight excluding hydrogens is 428 g/mol. The molecule has 8 heteroatoms. The fourth-order valence-electron chi connectivity index (χ4n) is 3.66. The van der Waals surface area contributed by atoms with Gasteiger partial charge in [-0.3, -0.25) is 18.9 Å². The first kappa shape index (κ1) is 23.5. The van der Waals surface area contributed by atoms with Crippen LogP contribution in [0.25, 0.3) is 11.7 Å². The monoisotopic (exact) mass is 458 g/mol. The van der Waals surface area contributed by atoms with Gasteiger partial charge in [-0.2, -0.15) is 0 Å². The van der Waals surface area contributed by atoms with Crippen LogP contribution in [0, 0.1) is 12.8 Å². The van der Waals surface area contributed by atoms with Crippen molar-refractivity contribution in [2.24, 2.45) is 5.92 Å². The molecule has 1 aliphatic heterocycles. The van der Waals surface area contributed by atoms with Crippen LogP contribution in [-0.4, -0.2) is 37.6 Å². The Morgan fingerprint density at radius 1 is 1.26 bits per heavy atom. The zero-order valence-corrected chi connectivity index (χ0v) is 20.2. The van der Waals surface area contributed by atoms with Crippen molar-refractivity contribution in [2.45, 2.75) is 53.4 Å². The molecule has 1 saturated heterocycles. The molecule has 31 heavy (non-hydrogen) atoms. The van der Waals surface area contributed by atoms with Crippen molar-refractivity contribution in [1.82, 2.24) is 14.3 Å². The van der Waals surface area contributed by atoms with Crippen LogP contribution < -0.4 is 10.9 Å². The Morgan fingerprint density at radius 3 is 2.71 bits per heavy atom. The van der Waals surface area contributed by atoms with E-state index in [0.29, 0.717) is 45.3 Å². The van der Waals surface area contributed by atoms with E-state index in [0.717, 1.165) is 31.2 Å². The maximum absolute atomic E-state index is 13.2. The minimum atomic E-state index is -0.204. The molecular formula is C23H30N4O2S2. The van der Waals surface area contributed by atoms with Crippen LogP contribution >= 0.6 is 24.0 Å². The Bertz CT molecular complexity index is 1080. The second-order valence-electron chi connectivity index (χ2n) is 7.85. The fourth-order valence-corrected chi connectivity index (χ4v) is 4.91. The number of unbranched alkanes of at least 4 members (excludes halogenated alkanes) is 1. The molecule has 0 aromatic carbocycles. The quantitative estimate of drug-likeness (QED) is 0.428. The third kappa shape index (κ3) is 5.18. The minimum Gasteiger partial charge on any atom is -0.370 e. The Labute approximate surface area is 193 Å². The number of thioether (sulfide) groups is 1. The predicted octanol–water partition coefficient (Wildman–Crippen LogP) is 4.85. The number of pyridine rings is 1. The summed E-state index contributed by atoms with van der Waals surface area (Å²) in [7, 11) is 0. The van der Waals surface area contributed by atoms with E-state index >= 15 is 0 Å². The summed E-state index contributed by atoms with van der Waals surface area (Å²) >= 11 is 6.78. The Morgan fingerprint density at radius 2 is 2.03 bits per heavy atom. The van der Waals surface area contributed by atoms with Crippen molar-refractivity contribution in [3.8, 4) is 0 Å². The molecule has 2 aromatic heterocycles. The molecule has 0 radical (unpaired) electrons. The largest absolute Gasteiger partial charge is 0.370 e. The molecule has 6 nitrogen and oxygen atoms in total. The van der Waals surface area contributed by atoms with E-state index in [1.54, 1.807) is 17.2 Å². The van der Waals surface area contributed by atoms with Crippen molar-refractivity contribution in [3.05, 3.63) is 44.7 Å². The maximum Gasteiger partial charge on any atom is 0.267 e. The van der Waals surface area contributed by atoms with Crippen molar-refractivity contribution >= 4 is 51.7 Å². The Hall–Kier alpha value is -2.19. The number of hydrogen-bond donors (Lipinski definition) is 1. The molecule has 1 amide bonds. The van der Waals surface area contributed by atoms with E-state index in [1.807, 2.05) is 26.0 Å². The van der Waals surface area contributed by atoms with Gasteiger partial charge in [-0.05, 0) is 43.9 Å². The number of amides is 1. The van der Waals surface area contributed by atoms with Crippen LogP contribution in [0.1, 0.15) is 57.6 Å². The SMILES string of the molecule is CCCCC(CC)CN1C(=O)/C(=C\c2c(NCC)nc3ccc(C)cn3c2=O)SC1=S. The summed E-state index contributed by atoms with van der Waals surface area (Å²) in [6.07, 6.45) is 7.80. The van der Waals surface area contributed by atoms with Gasteiger partial charge in [-0.15, -0.1) is 0 Å². The highest BCUT2D eigenvalue weighted by Crippen LogP contribution is 2.34. The third-order valence-corrected chi connectivity index (χ3v) is 6.86. The van der Waals surface area contributed by atoms with Gasteiger partial charge in [0, 0.05) is 19.3 Å². The maximum atomic E-state index is 13.2. The summed E-state index contributed by atoms with van der Waals surface area (Å²) in [5.74, 6) is 0.784. The van der Waals surface area contributed by atoms with Crippen LogP contribution in [0.4, 0.5) is 5.82 Å². The number of nitrogens with zero attached hydrogens (tertiary/aromatic N) is 3. The van der Waals surface area contributed by atoms with Gasteiger partial charge in [-0.1, -0.05) is 63.2 Å². The molecule has 1 atom stereocenters. The zero-order chi connectivity index (χ0) is 22.5. The lowest BCUT2D eigenvalue weighted by atomic mass is 9.99. The van der Waals surface area contributed by atoms with Crippen molar-refractivity contribution in [3.63, 3.8) is 0 Å². The number of aryl methyl sites for hydroxylation is 1. The third-order valence-electron chi connectivity index (χ3n) is 5.48. The summed E-state index contributed by atoms with van der Waals surface area (Å²) in [6.45, 7) is 9.45. The number of fused-ring (bicyclic) bond motifs is 1. The first-order valence-electron chi connectivity index (χ1n) is 10.9. The standard InChI is InChI=1S/C23H30N4O2S2/c1-5-8-9-16(6-2)14-27-22(29)18(31-23(27)30)12-17-20(24-7-3)25-19-11-10-15(4)13-26(19)21(17)28/h10-13,16,24H,5-9,14H2,1-4H3/b18-12+. The van der Waals surface area contributed by atoms with Gasteiger partial charge in [0.1, 0.15) is 15.8 Å². The predicted molar refractivity (Wildman–Crippen MR) is 134 cm³/mol. The fraction of sp³-hybridized carbons (Fsp3) is 0.478. The number of aromatic nitrogens is 2. The molecule has 2 aromatic rings. The van der Waals surface area contributed by atoms with Crippen LogP contribution in [-0.2, 0) is 4.79 Å². The number of carbonyl (C=O) groups excluding carboxylic acids is 1. The summed E-state index contributed by atoms with van der Waals surface area (Å²) in [6, 6.07) is 3.74. The van der Waals surface area contributed by atoms with E-state index in [1.165, 1.54) is 16.2 Å². The molecule has 1 N–H and O–H groups in total. The topological polar surface area (TPSA) is 66.7 Å². The lowest BCUT2D eigenvalue weighted by Crippen LogP contribution is -2.33. The van der Waals surface area contributed by atoms with Gasteiger partial charge in [0.15, 0.2) is 0 Å². The number of anilines is 1. The summed E-state index contributed by atoms with van der Waals surface area (Å²) in [5, 5.41) is 3.16. The van der Waals surface area contributed by atoms with Crippen LogP contribution in [0.2, 0.25) is 0 Å². The molecule has 0 aliphatic carbocycles. The lowest BCUT2D eigenvalue weighted by Gasteiger charge is -2.21. The normalized spacial score (nSPS) is 16.5. The lowest BCUT2D eigenvalue weighted by molar-refractivity contribution is -0.122. The molecule has 1 unspecified atom stereocenters. The molecule has 0 bridgehead atoms. The highest BCUT2D eigenvalue weighted by Gasteiger charge is 2.33. The smallest absolute Gasteiger partial charge is 0.267 e. The Balaban J connectivity index is 1.98.